The number of ketones is 1. The first-order valence-electron chi connectivity index (χ1n) is 14.3. The minimum atomic E-state index is -1.40. The van der Waals surface area contributed by atoms with Gasteiger partial charge in [0.1, 0.15) is 18.8 Å². The number of unbranched alkanes of at least 4 members (excludes halogenated alkanes) is 15. The third-order valence-corrected chi connectivity index (χ3v) is 6.50. The lowest BCUT2D eigenvalue weighted by atomic mass is 10.0. The molecule has 0 aliphatic heterocycles. The van der Waals surface area contributed by atoms with E-state index in [0.717, 1.165) is 19.3 Å². The third-order valence-electron chi connectivity index (χ3n) is 6.50. The van der Waals surface area contributed by atoms with Crippen molar-refractivity contribution in [2.75, 3.05) is 19.7 Å². The van der Waals surface area contributed by atoms with Gasteiger partial charge in [0.15, 0.2) is 0 Å². The molecule has 0 spiro atoms. The Bertz CT molecular complexity index is 824. The highest BCUT2D eigenvalue weighted by atomic mass is 16.5. The van der Waals surface area contributed by atoms with Gasteiger partial charge in [-0.25, -0.2) is 0 Å². The Morgan fingerprint density at radius 1 is 0.684 bits per heavy atom. The van der Waals surface area contributed by atoms with Gasteiger partial charge in [0.05, 0.1) is 6.61 Å². The molecule has 0 heterocycles. The maximum Gasteiger partial charge on any atom is 0.323 e. The molecule has 38 heavy (non-hydrogen) atoms. The van der Waals surface area contributed by atoms with E-state index in [-0.39, 0.29) is 5.56 Å². The monoisotopic (exact) mass is 533 g/mol. The minimum Gasteiger partial charge on any atom is -0.494 e. The number of carbonyl (C=O) groups is 4. The highest BCUT2D eigenvalue weighted by molar-refractivity contribution is 6.43. The van der Waals surface area contributed by atoms with Crippen LogP contribution in [0.2, 0.25) is 0 Å². The van der Waals surface area contributed by atoms with Gasteiger partial charge in [-0.05, 0) is 18.6 Å². The summed E-state index contributed by atoms with van der Waals surface area (Å²) in [4.78, 5) is 47.2. The molecule has 0 bridgehead atoms. The fraction of sp³-hybridized carbons (Fsp3) is 0.667. The number of hydrogen-bond acceptors (Lipinski definition) is 5. The van der Waals surface area contributed by atoms with Gasteiger partial charge in [0.25, 0.3) is 11.7 Å². The van der Waals surface area contributed by atoms with Crippen LogP contribution in [0.4, 0.5) is 0 Å². The summed E-state index contributed by atoms with van der Waals surface area (Å²) < 4.78 is 5.72. The Kier molecular flexibility index (Phi) is 18.4. The van der Waals surface area contributed by atoms with E-state index in [9.17, 15) is 19.2 Å². The van der Waals surface area contributed by atoms with Crippen molar-refractivity contribution < 1.29 is 34.1 Å². The van der Waals surface area contributed by atoms with Crippen molar-refractivity contribution in [3.8, 4) is 5.75 Å². The Balaban J connectivity index is 2.17. The molecule has 0 aliphatic carbocycles. The molecule has 0 atom stereocenters. The summed E-state index contributed by atoms with van der Waals surface area (Å²) in [5.41, 5.74) is 0.0280. The van der Waals surface area contributed by atoms with Crippen LogP contribution in [-0.2, 0) is 14.4 Å². The minimum absolute atomic E-state index is 0.0280. The average Bonchev–Trinajstić information content (AvgIpc) is 2.89. The summed E-state index contributed by atoms with van der Waals surface area (Å²) in [6.45, 7) is 1.01. The van der Waals surface area contributed by atoms with Crippen LogP contribution in [-0.4, -0.2) is 58.4 Å². The van der Waals surface area contributed by atoms with Gasteiger partial charge in [-0.3, -0.25) is 19.2 Å². The normalized spacial score (nSPS) is 10.8. The summed E-state index contributed by atoms with van der Waals surface area (Å²) in [6, 6.07) is 6.09. The van der Waals surface area contributed by atoms with Gasteiger partial charge in [-0.1, -0.05) is 115 Å². The number of carbonyl (C=O) groups excluding carboxylic acids is 2. The van der Waals surface area contributed by atoms with Gasteiger partial charge in [-0.15, -0.1) is 0 Å². The van der Waals surface area contributed by atoms with Crippen LogP contribution in [0.3, 0.4) is 0 Å². The van der Waals surface area contributed by atoms with E-state index in [4.69, 9.17) is 14.9 Å². The van der Waals surface area contributed by atoms with Crippen LogP contribution in [0.5, 0.6) is 5.75 Å². The first kappa shape index (κ1) is 33.1. The van der Waals surface area contributed by atoms with Crippen LogP contribution in [0.1, 0.15) is 120 Å². The zero-order valence-corrected chi connectivity index (χ0v) is 23.1. The van der Waals surface area contributed by atoms with Crippen molar-refractivity contribution >= 4 is 23.6 Å². The van der Waals surface area contributed by atoms with Gasteiger partial charge < -0.3 is 19.8 Å². The SMILES string of the molecule is CCCCCCCCCCCCCCCCCCOc1cccc(C(=O)C(=O)N(CC(=O)O)CC(=O)O)c1. The summed E-state index contributed by atoms with van der Waals surface area (Å²) in [5, 5.41) is 17.8. The molecular weight excluding hydrogens is 486 g/mol. The molecule has 8 nitrogen and oxygen atoms in total. The number of carboxylic acid groups (broad SMARTS) is 2. The van der Waals surface area contributed by atoms with Gasteiger partial charge in [-0.2, -0.15) is 0 Å². The number of hydrogen-bond donors (Lipinski definition) is 2. The standard InChI is InChI=1S/C30H47NO7/c1-2-3-4-5-6-7-8-9-10-11-12-13-14-15-16-17-21-38-26-20-18-19-25(22-26)29(36)30(37)31(23-27(32)33)24-28(34)35/h18-20,22H,2-17,21,23-24H2,1H3,(H,32,33)(H,34,35). The second-order valence-electron chi connectivity index (χ2n) is 9.96. The predicted molar refractivity (Wildman–Crippen MR) is 148 cm³/mol. The molecule has 0 unspecified atom stereocenters. The lowest BCUT2D eigenvalue weighted by Gasteiger charge is -2.17. The number of Topliss-reactive ketones (excluding diaryl/α,β-unsaturated/α-hetero) is 1. The number of aliphatic carboxylic acids is 2. The lowest BCUT2D eigenvalue weighted by Crippen LogP contribution is -2.43. The smallest absolute Gasteiger partial charge is 0.323 e. The lowest BCUT2D eigenvalue weighted by molar-refractivity contribution is -0.147. The van der Waals surface area contributed by atoms with Crippen LogP contribution in [0.15, 0.2) is 24.3 Å². The molecule has 0 saturated carbocycles. The fourth-order valence-corrected chi connectivity index (χ4v) is 4.36. The van der Waals surface area contributed by atoms with Crippen LogP contribution in [0, 0.1) is 0 Å². The van der Waals surface area contributed by atoms with Crippen LogP contribution < -0.4 is 4.74 Å². The number of nitrogens with zero attached hydrogens (tertiary/aromatic N) is 1. The second-order valence-corrected chi connectivity index (χ2v) is 9.96. The van der Waals surface area contributed by atoms with E-state index in [2.05, 4.69) is 6.92 Å². The van der Waals surface area contributed by atoms with Crippen molar-refractivity contribution in [1.82, 2.24) is 4.90 Å². The summed E-state index contributed by atoms with van der Waals surface area (Å²) in [6.07, 6.45) is 20.6. The zero-order valence-electron chi connectivity index (χ0n) is 23.1. The molecule has 0 fully saturated rings. The van der Waals surface area contributed by atoms with Gasteiger partial charge >= 0.3 is 11.9 Å². The van der Waals surface area contributed by atoms with E-state index in [1.54, 1.807) is 12.1 Å². The summed E-state index contributed by atoms with van der Waals surface area (Å²) >= 11 is 0. The zero-order chi connectivity index (χ0) is 28.0. The molecule has 1 rings (SSSR count). The van der Waals surface area contributed by atoms with Crippen molar-refractivity contribution in [2.24, 2.45) is 0 Å². The molecule has 1 aromatic rings. The Hall–Kier alpha value is -2.90. The molecule has 0 radical (unpaired) electrons. The van der Waals surface area contributed by atoms with Crippen LogP contribution >= 0.6 is 0 Å². The maximum atomic E-state index is 12.5. The van der Waals surface area contributed by atoms with E-state index >= 15 is 0 Å². The highest BCUT2D eigenvalue weighted by Crippen LogP contribution is 2.17. The Morgan fingerprint density at radius 2 is 1.13 bits per heavy atom. The van der Waals surface area contributed by atoms with E-state index < -0.39 is 36.7 Å². The quantitative estimate of drug-likeness (QED) is 0.0883. The topological polar surface area (TPSA) is 121 Å². The molecule has 1 amide bonds. The molecular formula is C30H47NO7. The van der Waals surface area contributed by atoms with Crippen molar-refractivity contribution in [3.63, 3.8) is 0 Å². The van der Waals surface area contributed by atoms with Crippen molar-refractivity contribution in [1.29, 1.82) is 0 Å². The summed E-state index contributed by atoms with van der Waals surface area (Å²) in [7, 11) is 0. The number of amides is 1. The maximum absolute atomic E-state index is 12.5. The first-order chi connectivity index (χ1) is 18.3. The molecule has 2 N–H and O–H groups in total. The highest BCUT2D eigenvalue weighted by Gasteiger charge is 2.27. The molecule has 0 aliphatic rings. The summed E-state index contributed by atoms with van der Waals surface area (Å²) in [5.74, 6) is -4.51. The van der Waals surface area contributed by atoms with Gasteiger partial charge in [0.2, 0.25) is 0 Å². The predicted octanol–water partition coefficient (Wildman–Crippen LogP) is 6.51. The molecule has 1 aromatic carbocycles. The largest absolute Gasteiger partial charge is 0.494 e. The van der Waals surface area contributed by atoms with E-state index in [0.29, 0.717) is 17.3 Å². The first-order valence-corrected chi connectivity index (χ1v) is 14.3. The number of ether oxygens (including phenoxy) is 1. The van der Waals surface area contributed by atoms with Crippen molar-refractivity contribution in [2.45, 2.75) is 110 Å². The van der Waals surface area contributed by atoms with Crippen LogP contribution in [0.25, 0.3) is 0 Å². The molecule has 0 saturated heterocycles. The molecule has 214 valence electrons. The fourth-order valence-electron chi connectivity index (χ4n) is 4.36. The van der Waals surface area contributed by atoms with Crippen molar-refractivity contribution in [3.05, 3.63) is 29.8 Å². The number of rotatable bonds is 24. The third kappa shape index (κ3) is 16.0. The molecule has 8 heteroatoms. The Morgan fingerprint density at radius 3 is 1.58 bits per heavy atom. The number of benzene rings is 1. The number of carboxylic acids is 2. The second kappa shape index (κ2) is 21.1. The van der Waals surface area contributed by atoms with E-state index in [1.165, 1.54) is 95.6 Å². The Labute approximate surface area is 227 Å². The average molecular weight is 534 g/mol. The molecule has 0 aromatic heterocycles. The van der Waals surface area contributed by atoms with Gasteiger partial charge in [0, 0.05) is 5.56 Å². The van der Waals surface area contributed by atoms with E-state index in [1.807, 2.05) is 0 Å².